The molecule has 0 aliphatic heterocycles. The minimum absolute atomic E-state index is 0.0338. The van der Waals surface area contributed by atoms with Gasteiger partial charge in [0.1, 0.15) is 24.0 Å². The van der Waals surface area contributed by atoms with Crippen LogP contribution in [-0.2, 0) is 19.6 Å². The molecule has 158 valence electrons. The molecule has 0 amide bonds. The Morgan fingerprint density at radius 3 is 2.39 bits per heavy atom. The minimum atomic E-state index is -0.391. The number of hydrogen-bond acceptors (Lipinski definition) is 2. The van der Waals surface area contributed by atoms with Crippen LogP contribution in [0.25, 0.3) is 10.8 Å². The van der Waals surface area contributed by atoms with Crippen molar-refractivity contribution in [3.8, 4) is 5.75 Å². The van der Waals surface area contributed by atoms with E-state index < -0.39 is 5.82 Å². The molecule has 0 radical (unpaired) electrons. The van der Waals surface area contributed by atoms with Crippen LogP contribution in [0.3, 0.4) is 0 Å². The molecular formula is C26H22ClF2NO. The second-order valence-electron chi connectivity index (χ2n) is 7.27. The van der Waals surface area contributed by atoms with Gasteiger partial charge in [0, 0.05) is 17.7 Å². The number of hydrogen-bond donors (Lipinski definition) is 1. The van der Waals surface area contributed by atoms with Crippen LogP contribution in [-0.4, -0.2) is 6.54 Å². The molecule has 5 heteroatoms. The predicted molar refractivity (Wildman–Crippen MR) is 122 cm³/mol. The van der Waals surface area contributed by atoms with E-state index in [0.29, 0.717) is 41.4 Å². The molecule has 0 heterocycles. The standard InChI is InChI=1S/C26H22ClF2NO/c27-23-9-5-11-25(29)22(23)17-31-26-13-12-18-6-1-3-8-20(18)21(26)16-30-15-14-19-7-2-4-10-24(19)28/h1-13,30H,14-17H2. The van der Waals surface area contributed by atoms with Gasteiger partial charge in [-0.1, -0.05) is 66.2 Å². The average Bonchev–Trinajstić information content (AvgIpc) is 2.78. The molecular weight excluding hydrogens is 416 g/mol. The fourth-order valence-electron chi connectivity index (χ4n) is 3.59. The first-order valence-corrected chi connectivity index (χ1v) is 10.5. The van der Waals surface area contributed by atoms with Crippen molar-refractivity contribution in [1.29, 1.82) is 0 Å². The molecule has 0 unspecified atom stereocenters. The lowest BCUT2D eigenvalue weighted by atomic mass is 10.0. The number of benzene rings is 4. The third kappa shape index (κ3) is 5.04. The van der Waals surface area contributed by atoms with E-state index in [4.69, 9.17) is 16.3 Å². The lowest BCUT2D eigenvalue weighted by molar-refractivity contribution is 0.296. The zero-order valence-electron chi connectivity index (χ0n) is 16.9. The first kappa shape index (κ1) is 21.3. The van der Waals surface area contributed by atoms with Gasteiger partial charge in [0.25, 0.3) is 0 Å². The molecule has 0 atom stereocenters. The largest absolute Gasteiger partial charge is 0.488 e. The van der Waals surface area contributed by atoms with E-state index >= 15 is 0 Å². The molecule has 0 spiro atoms. The zero-order valence-corrected chi connectivity index (χ0v) is 17.6. The van der Waals surface area contributed by atoms with Crippen LogP contribution in [0.4, 0.5) is 8.78 Å². The molecule has 0 fully saturated rings. The summed E-state index contributed by atoms with van der Waals surface area (Å²) in [4.78, 5) is 0. The second-order valence-corrected chi connectivity index (χ2v) is 7.68. The van der Waals surface area contributed by atoms with Gasteiger partial charge in [0.05, 0.1) is 5.02 Å². The second kappa shape index (κ2) is 9.90. The Balaban J connectivity index is 1.52. The number of nitrogens with one attached hydrogen (secondary N) is 1. The Hall–Kier alpha value is -2.95. The van der Waals surface area contributed by atoms with Crippen LogP contribution in [0.1, 0.15) is 16.7 Å². The van der Waals surface area contributed by atoms with Gasteiger partial charge in [-0.3, -0.25) is 0 Å². The van der Waals surface area contributed by atoms with Crippen molar-refractivity contribution in [3.63, 3.8) is 0 Å². The van der Waals surface area contributed by atoms with Gasteiger partial charge < -0.3 is 10.1 Å². The maximum atomic E-state index is 14.1. The van der Waals surface area contributed by atoms with Crippen molar-refractivity contribution in [1.82, 2.24) is 5.32 Å². The third-order valence-corrected chi connectivity index (χ3v) is 5.62. The summed E-state index contributed by atoms with van der Waals surface area (Å²) in [5, 5.41) is 5.86. The van der Waals surface area contributed by atoms with E-state index in [1.807, 2.05) is 42.5 Å². The Morgan fingerprint density at radius 2 is 1.55 bits per heavy atom. The zero-order chi connectivity index (χ0) is 21.6. The predicted octanol–water partition coefficient (Wildman–Crippen LogP) is 6.68. The van der Waals surface area contributed by atoms with E-state index in [1.165, 1.54) is 12.1 Å². The maximum absolute atomic E-state index is 14.1. The first-order valence-electron chi connectivity index (χ1n) is 10.1. The van der Waals surface area contributed by atoms with Crippen LogP contribution >= 0.6 is 11.6 Å². The number of rotatable bonds is 8. The highest BCUT2D eigenvalue weighted by Crippen LogP contribution is 2.30. The van der Waals surface area contributed by atoms with Crippen molar-refractivity contribution in [3.05, 3.63) is 112 Å². The molecule has 4 aromatic rings. The molecule has 4 rings (SSSR count). The highest BCUT2D eigenvalue weighted by Gasteiger charge is 2.12. The molecule has 0 aromatic heterocycles. The molecule has 0 aliphatic carbocycles. The van der Waals surface area contributed by atoms with Crippen molar-refractivity contribution >= 4 is 22.4 Å². The topological polar surface area (TPSA) is 21.3 Å². The first-order chi connectivity index (χ1) is 15.1. The lowest BCUT2D eigenvalue weighted by Gasteiger charge is -2.16. The van der Waals surface area contributed by atoms with Crippen molar-refractivity contribution in [2.24, 2.45) is 0 Å². The van der Waals surface area contributed by atoms with E-state index in [9.17, 15) is 8.78 Å². The molecule has 4 aromatic carbocycles. The van der Waals surface area contributed by atoms with Gasteiger partial charge in [-0.25, -0.2) is 8.78 Å². The van der Waals surface area contributed by atoms with E-state index in [2.05, 4.69) is 5.32 Å². The molecule has 31 heavy (non-hydrogen) atoms. The monoisotopic (exact) mass is 437 g/mol. The number of fused-ring (bicyclic) bond motifs is 1. The minimum Gasteiger partial charge on any atom is -0.488 e. The fourth-order valence-corrected chi connectivity index (χ4v) is 3.81. The van der Waals surface area contributed by atoms with Crippen LogP contribution < -0.4 is 10.1 Å². The normalized spacial score (nSPS) is 11.1. The maximum Gasteiger partial charge on any atom is 0.131 e. The fraction of sp³-hybridized carbons (Fsp3) is 0.154. The molecule has 0 saturated heterocycles. The van der Waals surface area contributed by atoms with Crippen molar-refractivity contribution in [2.75, 3.05) is 6.54 Å². The third-order valence-electron chi connectivity index (χ3n) is 5.26. The van der Waals surface area contributed by atoms with Gasteiger partial charge in [0.2, 0.25) is 0 Å². The SMILES string of the molecule is Fc1ccccc1CCNCc1c(OCc2c(F)cccc2Cl)ccc2ccccc12. The van der Waals surface area contributed by atoms with Gasteiger partial charge in [-0.2, -0.15) is 0 Å². The number of ether oxygens (including phenoxy) is 1. The summed E-state index contributed by atoms with van der Waals surface area (Å²) in [5.74, 6) is 0.0783. The summed E-state index contributed by atoms with van der Waals surface area (Å²) in [7, 11) is 0. The molecule has 2 nitrogen and oxygen atoms in total. The van der Waals surface area contributed by atoms with Gasteiger partial charge in [-0.05, 0) is 53.6 Å². The highest BCUT2D eigenvalue weighted by molar-refractivity contribution is 6.31. The summed E-state index contributed by atoms with van der Waals surface area (Å²) in [6.07, 6.45) is 0.582. The van der Waals surface area contributed by atoms with Gasteiger partial charge in [0.15, 0.2) is 0 Å². The quantitative estimate of drug-likeness (QED) is 0.310. The Bertz CT molecular complexity index is 1170. The Morgan fingerprint density at radius 1 is 0.774 bits per heavy atom. The molecule has 0 aliphatic rings. The van der Waals surface area contributed by atoms with Crippen molar-refractivity contribution in [2.45, 2.75) is 19.6 Å². The van der Waals surface area contributed by atoms with Gasteiger partial charge in [-0.15, -0.1) is 0 Å². The Kier molecular flexibility index (Phi) is 6.80. The van der Waals surface area contributed by atoms with Crippen LogP contribution in [0, 0.1) is 11.6 Å². The van der Waals surface area contributed by atoms with E-state index in [-0.39, 0.29) is 12.4 Å². The molecule has 0 bridgehead atoms. The van der Waals surface area contributed by atoms with E-state index in [0.717, 1.165) is 16.3 Å². The average molecular weight is 438 g/mol. The smallest absolute Gasteiger partial charge is 0.131 e. The van der Waals surface area contributed by atoms with E-state index in [1.54, 1.807) is 24.3 Å². The Labute approximate surface area is 185 Å². The van der Waals surface area contributed by atoms with Crippen LogP contribution in [0.5, 0.6) is 5.75 Å². The summed E-state index contributed by atoms with van der Waals surface area (Å²) >= 11 is 6.14. The summed E-state index contributed by atoms with van der Waals surface area (Å²) in [6.45, 7) is 1.19. The summed E-state index contributed by atoms with van der Waals surface area (Å²) in [5.41, 5.74) is 1.98. The summed E-state index contributed by atoms with van der Waals surface area (Å²) < 4.78 is 34.0. The van der Waals surface area contributed by atoms with Crippen molar-refractivity contribution < 1.29 is 13.5 Å². The molecule has 1 N–H and O–H groups in total. The number of halogens is 3. The molecule has 0 saturated carbocycles. The summed E-state index contributed by atoms with van der Waals surface area (Å²) in [6, 6.07) is 23.3. The lowest BCUT2D eigenvalue weighted by Crippen LogP contribution is -2.18. The van der Waals surface area contributed by atoms with Crippen LogP contribution in [0.15, 0.2) is 78.9 Å². The highest BCUT2D eigenvalue weighted by atomic mass is 35.5. The van der Waals surface area contributed by atoms with Crippen LogP contribution in [0.2, 0.25) is 5.02 Å². The van der Waals surface area contributed by atoms with Gasteiger partial charge >= 0.3 is 0 Å².